The molecule has 2 rings (SSSR count). The van der Waals surface area contributed by atoms with Crippen LogP contribution < -0.4 is 10.1 Å². The van der Waals surface area contributed by atoms with Crippen molar-refractivity contribution in [3.05, 3.63) is 40.1 Å². The highest BCUT2D eigenvalue weighted by molar-refractivity contribution is 6.31. The first-order chi connectivity index (χ1) is 9.49. The van der Waals surface area contributed by atoms with Gasteiger partial charge in [0.15, 0.2) is 5.82 Å². The van der Waals surface area contributed by atoms with Gasteiger partial charge in [-0.25, -0.2) is 0 Å². The Hall–Kier alpha value is -2.01. The Morgan fingerprint density at radius 2 is 2.15 bits per heavy atom. The molecule has 0 aliphatic carbocycles. The zero-order valence-electron chi connectivity index (χ0n) is 11.5. The number of aromatic nitrogens is 1. The summed E-state index contributed by atoms with van der Waals surface area (Å²) in [6.07, 6.45) is 0.148. The lowest BCUT2D eigenvalue weighted by Crippen LogP contribution is -2.15. The normalized spacial score (nSPS) is 10.4. The van der Waals surface area contributed by atoms with E-state index < -0.39 is 0 Å². The van der Waals surface area contributed by atoms with Gasteiger partial charge in [-0.2, -0.15) is 0 Å². The topological polar surface area (TPSA) is 64.4 Å². The van der Waals surface area contributed by atoms with Crippen LogP contribution in [0.2, 0.25) is 5.02 Å². The molecule has 1 heterocycles. The summed E-state index contributed by atoms with van der Waals surface area (Å²) in [5.41, 5.74) is 1.63. The lowest BCUT2D eigenvalue weighted by atomic mass is 10.1. The van der Waals surface area contributed by atoms with Crippen LogP contribution >= 0.6 is 11.6 Å². The second-order valence-corrected chi connectivity index (χ2v) is 4.87. The molecule has 0 aliphatic heterocycles. The summed E-state index contributed by atoms with van der Waals surface area (Å²) in [5, 5.41) is 6.96. The molecular formula is C14H15ClN2O3. The number of rotatable bonds is 4. The molecule has 0 fully saturated rings. The van der Waals surface area contributed by atoms with Gasteiger partial charge >= 0.3 is 0 Å². The molecule has 0 aliphatic rings. The van der Waals surface area contributed by atoms with E-state index in [2.05, 4.69) is 10.5 Å². The van der Waals surface area contributed by atoms with Crippen LogP contribution in [0.25, 0.3) is 0 Å². The summed E-state index contributed by atoms with van der Waals surface area (Å²) < 4.78 is 10.1. The van der Waals surface area contributed by atoms with Crippen molar-refractivity contribution in [2.75, 3.05) is 12.4 Å². The minimum Gasteiger partial charge on any atom is -0.496 e. The van der Waals surface area contributed by atoms with E-state index in [0.29, 0.717) is 22.4 Å². The Morgan fingerprint density at radius 1 is 1.40 bits per heavy atom. The van der Waals surface area contributed by atoms with Gasteiger partial charge in [-0.15, -0.1) is 0 Å². The second-order valence-electron chi connectivity index (χ2n) is 4.46. The molecule has 0 atom stereocenters. The third-order valence-electron chi connectivity index (χ3n) is 2.81. The van der Waals surface area contributed by atoms with Gasteiger partial charge in [0.05, 0.1) is 13.5 Å². The number of hydrogen-bond donors (Lipinski definition) is 1. The summed E-state index contributed by atoms with van der Waals surface area (Å²) >= 11 is 6.08. The molecule has 0 saturated carbocycles. The molecule has 1 amide bonds. The molecule has 2 aromatic rings. The third-order valence-corrected chi connectivity index (χ3v) is 3.22. The van der Waals surface area contributed by atoms with Crippen molar-refractivity contribution in [2.24, 2.45) is 0 Å². The van der Waals surface area contributed by atoms with Crippen molar-refractivity contribution in [1.82, 2.24) is 5.16 Å². The number of carbonyl (C=O) groups excluding carboxylic acids is 1. The SMILES string of the molecule is COc1cc(C)c(Cl)cc1CC(=O)Nc1cc(C)on1. The smallest absolute Gasteiger partial charge is 0.230 e. The number of amides is 1. The van der Waals surface area contributed by atoms with Crippen LogP contribution in [0.5, 0.6) is 5.75 Å². The molecule has 5 nitrogen and oxygen atoms in total. The average Bonchev–Trinajstić information content (AvgIpc) is 2.78. The van der Waals surface area contributed by atoms with Gasteiger partial charge in [0.1, 0.15) is 11.5 Å². The first-order valence-corrected chi connectivity index (χ1v) is 6.43. The maximum Gasteiger partial charge on any atom is 0.230 e. The number of aryl methyl sites for hydroxylation is 2. The van der Waals surface area contributed by atoms with E-state index in [0.717, 1.165) is 11.1 Å². The van der Waals surface area contributed by atoms with Gasteiger partial charge in [0.2, 0.25) is 5.91 Å². The van der Waals surface area contributed by atoms with Crippen molar-refractivity contribution in [3.63, 3.8) is 0 Å². The predicted molar refractivity (Wildman–Crippen MR) is 76.3 cm³/mol. The monoisotopic (exact) mass is 294 g/mol. The maximum absolute atomic E-state index is 12.0. The summed E-state index contributed by atoms with van der Waals surface area (Å²) in [5.74, 6) is 1.45. The van der Waals surface area contributed by atoms with Crippen LogP contribution in [0, 0.1) is 13.8 Å². The number of hydrogen-bond acceptors (Lipinski definition) is 4. The Kier molecular flexibility index (Phi) is 4.29. The Bertz CT molecular complexity index is 637. The van der Waals surface area contributed by atoms with Gasteiger partial charge in [-0.3, -0.25) is 4.79 Å². The second kappa shape index (κ2) is 5.96. The van der Waals surface area contributed by atoms with Crippen LogP contribution in [0.1, 0.15) is 16.9 Å². The molecule has 1 N–H and O–H groups in total. The quantitative estimate of drug-likeness (QED) is 0.941. The highest BCUT2D eigenvalue weighted by atomic mass is 35.5. The maximum atomic E-state index is 12.0. The van der Waals surface area contributed by atoms with Crippen LogP contribution in [-0.4, -0.2) is 18.2 Å². The lowest BCUT2D eigenvalue weighted by Gasteiger charge is -2.10. The number of carbonyl (C=O) groups is 1. The van der Waals surface area contributed by atoms with Crippen molar-refractivity contribution < 1.29 is 14.1 Å². The molecule has 0 bridgehead atoms. The molecule has 0 unspecified atom stereocenters. The molecular weight excluding hydrogens is 280 g/mol. The highest BCUT2D eigenvalue weighted by Crippen LogP contribution is 2.27. The number of halogens is 1. The fraction of sp³-hybridized carbons (Fsp3) is 0.286. The van der Waals surface area contributed by atoms with Crippen LogP contribution in [0.15, 0.2) is 22.7 Å². The largest absolute Gasteiger partial charge is 0.496 e. The summed E-state index contributed by atoms with van der Waals surface area (Å²) in [4.78, 5) is 12.0. The number of anilines is 1. The lowest BCUT2D eigenvalue weighted by molar-refractivity contribution is -0.115. The molecule has 0 radical (unpaired) electrons. The molecule has 6 heteroatoms. The van der Waals surface area contributed by atoms with Gasteiger partial charge in [-0.05, 0) is 31.5 Å². The van der Waals surface area contributed by atoms with E-state index in [1.807, 2.05) is 13.0 Å². The minimum absolute atomic E-state index is 0.148. The van der Waals surface area contributed by atoms with Crippen molar-refractivity contribution in [1.29, 1.82) is 0 Å². The number of nitrogens with zero attached hydrogens (tertiary/aromatic N) is 1. The van der Waals surface area contributed by atoms with Crippen molar-refractivity contribution in [3.8, 4) is 5.75 Å². The molecule has 20 heavy (non-hydrogen) atoms. The molecule has 106 valence electrons. The van der Waals surface area contributed by atoms with Gasteiger partial charge in [0.25, 0.3) is 0 Å². The predicted octanol–water partition coefficient (Wildman–Crippen LogP) is 3.13. The number of benzene rings is 1. The zero-order chi connectivity index (χ0) is 14.7. The van der Waals surface area contributed by atoms with Gasteiger partial charge < -0.3 is 14.6 Å². The molecule has 0 spiro atoms. The van der Waals surface area contributed by atoms with Crippen LogP contribution in [0.3, 0.4) is 0 Å². The summed E-state index contributed by atoms with van der Waals surface area (Å²) in [7, 11) is 1.56. The van der Waals surface area contributed by atoms with Crippen LogP contribution in [-0.2, 0) is 11.2 Å². The molecule has 1 aromatic heterocycles. The van der Waals surface area contributed by atoms with E-state index in [1.165, 1.54) is 0 Å². The Balaban J connectivity index is 2.13. The van der Waals surface area contributed by atoms with E-state index in [4.69, 9.17) is 20.9 Å². The van der Waals surface area contributed by atoms with Crippen molar-refractivity contribution >= 4 is 23.3 Å². The standard InChI is InChI=1S/C14H15ClN2O3/c1-8-4-12(19-3)10(6-11(8)15)7-14(18)16-13-5-9(2)20-17-13/h4-6H,7H2,1-3H3,(H,16,17,18). The fourth-order valence-electron chi connectivity index (χ4n) is 1.81. The van der Waals surface area contributed by atoms with Crippen LogP contribution in [0.4, 0.5) is 5.82 Å². The van der Waals surface area contributed by atoms with E-state index >= 15 is 0 Å². The highest BCUT2D eigenvalue weighted by Gasteiger charge is 2.12. The number of methoxy groups -OCH3 is 1. The van der Waals surface area contributed by atoms with E-state index in [9.17, 15) is 4.79 Å². The minimum atomic E-state index is -0.212. The first-order valence-electron chi connectivity index (χ1n) is 6.05. The van der Waals surface area contributed by atoms with Crippen molar-refractivity contribution in [2.45, 2.75) is 20.3 Å². The average molecular weight is 295 g/mol. The van der Waals surface area contributed by atoms with E-state index in [-0.39, 0.29) is 12.3 Å². The zero-order valence-corrected chi connectivity index (χ0v) is 12.2. The van der Waals surface area contributed by atoms with Gasteiger partial charge in [0, 0.05) is 16.7 Å². The Labute approximate surface area is 121 Å². The third kappa shape index (κ3) is 3.30. The number of nitrogens with one attached hydrogen (secondary N) is 1. The number of ether oxygens (including phenoxy) is 1. The van der Waals surface area contributed by atoms with E-state index in [1.54, 1.807) is 26.2 Å². The molecule has 0 saturated heterocycles. The first kappa shape index (κ1) is 14.4. The molecule has 1 aromatic carbocycles. The summed E-state index contributed by atoms with van der Waals surface area (Å²) in [6.45, 7) is 3.64. The Morgan fingerprint density at radius 3 is 2.75 bits per heavy atom. The fourth-order valence-corrected chi connectivity index (χ4v) is 2.00. The summed E-state index contributed by atoms with van der Waals surface area (Å²) in [6, 6.07) is 5.20. The van der Waals surface area contributed by atoms with Gasteiger partial charge in [-0.1, -0.05) is 16.8 Å².